The van der Waals surface area contributed by atoms with Crippen LogP contribution in [0.1, 0.15) is 36.2 Å². The summed E-state index contributed by atoms with van der Waals surface area (Å²) in [6.45, 7) is 0. The van der Waals surface area contributed by atoms with E-state index in [0.29, 0.717) is 0 Å². The van der Waals surface area contributed by atoms with Crippen LogP contribution in [0.25, 0.3) is 0 Å². The molecule has 2 aromatic carbocycles. The van der Waals surface area contributed by atoms with E-state index in [1.807, 2.05) is 12.1 Å². The van der Waals surface area contributed by atoms with Gasteiger partial charge in [-0.15, -0.1) is 0 Å². The molecule has 21 heavy (non-hydrogen) atoms. The van der Waals surface area contributed by atoms with E-state index in [1.54, 1.807) is 0 Å². The zero-order valence-electron chi connectivity index (χ0n) is 11.8. The van der Waals surface area contributed by atoms with Crippen LogP contribution in [0.2, 0.25) is 0 Å². The van der Waals surface area contributed by atoms with Gasteiger partial charge in [-0.1, -0.05) is 66.7 Å². The highest BCUT2D eigenvalue weighted by Crippen LogP contribution is 2.50. The van der Waals surface area contributed by atoms with Crippen LogP contribution in [0.4, 0.5) is 0 Å². The van der Waals surface area contributed by atoms with E-state index >= 15 is 0 Å². The zero-order chi connectivity index (χ0) is 14.1. The van der Waals surface area contributed by atoms with Gasteiger partial charge in [-0.25, -0.2) is 0 Å². The minimum absolute atomic E-state index is 0.0589. The quantitative estimate of drug-likeness (QED) is 0.750. The van der Waals surface area contributed by atoms with Crippen molar-refractivity contribution in [3.63, 3.8) is 0 Å². The van der Waals surface area contributed by atoms with Crippen molar-refractivity contribution in [2.45, 2.75) is 30.8 Å². The summed E-state index contributed by atoms with van der Waals surface area (Å²) in [7, 11) is 0. The van der Waals surface area contributed by atoms with Crippen molar-refractivity contribution in [2.24, 2.45) is 0 Å². The minimum Gasteiger partial charge on any atom is -0.335 e. The third-order valence-electron chi connectivity index (χ3n) is 4.22. The van der Waals surface area contributed by atoms with Crippen molar-refractivity contribution in [3.8, 4) is 0 Å². The molecule has 0 radical (unpaired) electrons. The number of benzene rings is 2. The smallest absolute Gasteiger partial charge is 0.189 e. The summed E-state index contributed by atoms with van der Waals surface area (Å²) in [5, 5.41) is 0. The molecule has 106 valence electrons. The van der Waals surface area contributed by atoms with Gasteiger partial charge in [-0.2, -0.15) is 0 Å². The standard InChI is InChI=1S/C19H18O2/c1-3-9-15(10-4-1)17-18(16-11-5-2-6-12-16)21-19(20-17)13-7-8-14-19/h1-7,9-13,17-18H,8,14H2/t17-,18-/m0/s1. The Kier molecular flexibility index (Phi) is 3.13. The topological polar surface area (TPSA) is 18.5 Å². The Morgan fingerprint density at radius 2 is 1.29 bits per heavy atom. The van der Waals surface area contributed by atoms with Crippen molar-refractivity contribution >= 4 is 0 Å². The molecule has 2 atom stereocenters. The summed E-state index contributed by atoms with van der Waals surface area (Å²) in [5.74, 6) is -0.541. The fourth-order valence-corrected chi connectivity index (χ4v) is 3.18. The van der Waals surface area contributed by atoms with Gasteiger partial charge in [0, 0.05) is 6.42 Å². The number of rotatable bonds is 2. The molecule has 0 saturated carbocycles. The first-order valence-electron chi connectivity index (χ1n) is 7.50. The molecule has 1 aliphatic heterocycles. The Hall–Kier alpha value is -1.90. The van der Waals surface area contributed by atoms with Crippen molar-refractivity contribution in [3.05, 3.63) is 83.9 Å². The average molecular weight is 278 g/mol. The highest BCUT2D eigenvalue weighted by molar-refractivity contribution is 5.28. The van der Waals surface area contributed by atoms with Crippen LogP contribution < -0.4 is 0 Å². The highest BCUT2D eigenvalue weighted by Gasteiger charge is 2.48. The van der Waals surface area contributed by atoms with E-state index in [2.05, 4.69) is 60.7 Å². The fourth-order valence-electron chi connectivity index (χ4n) is 3.18. The van der Waals surface area contributed by atoms with E-state index in [0.717, 1.165) is 12.8 Å². The van der Waals surface area contributed by atoms with Crippen LogP contribution in [-0.2, 0) is 9.47 Å². The monoisotopic (exact) mass is 278 g/mol. The molecule has 4 rings (SSSR count). The van der Waals surface area contributed by atoms with Crippen LogP contribution in [0.15, 0.2) is 72.8 Å². The van der Waals surface area contributed by atoms with Gasteiger partial charge in [0.15, 0.2) is 5.79 Å². The van der Waals surface area contributed by atoms with Crippen LogP contribution in [0.5, 0.6) is 0 Å². The maximum Gasteiger partial charge on any atom is 0.189 e. The molecule has 1 saturated heterocycles. The fraction of sp³-hybridized carbons (Fsp3) is 0.263. The molecule has 1 fully saturated rings. The molecule has 2 aliphatic rings. The molecule has 0 amide bonds. The third-order valence-corrected chi connectivity index (χ3v) is 4.22. The number of hydrogen-bond donors (Lipinski definition) is 0. The summed E-state index contributed by atoms with van der Waals surface area (Å²) in [6, 6.07) is 20.7. The van der Waals surface area contributed by atoms with Gasteiger partial charge in [0.05, 0.1) is 0 Å². The van der Waals surface area contributed by atoms with Crippen molar-refractivity contribution in [1.82, 2.24) is 0 Å². The molecule has 1 heterocycles. The van der Waals surface area contributed by atoms with Gasteiger partial charge in [0.25, 0.3) is 0 Å². The lowest BCUT2D eigenvalue weighted by Gasteiger charge is -2.20. The van der Waals surface area contributed by atoms with Gasteiger partial charge in [0.1, 0.15) is 12.2 Å². The van der Waals surface area contributed by atoms with Gasteiger partial charge in [-0.05, 0) is 23.6 Å². The Morgan fingerprint density at radius 3 is 1.71 bits per heavy atom. The lowest BCUT2D eigenvalue weighted by Crippen LogP contribution is -2.24. The van der Waals surface area contributed by atoms with Crippen LogP contribution in [0, 0.1) is 0 Å². The highest BCUT2D eigenvalue weighted by atomic mass is 16.8. The van der Waals surface area contributed by atoms with Crippen LogP contribution in [0.3, 0.4) is 0 Å². The Balaban J connectivity index is 1.73. The van der Waals surface area contributed by atoms with Gasteiger partial charge >= 0.3 is 0 Å². The second-order valence-electron chi connectivity index (χ2n) is 5.65. The average Bonchev–Trinajstić information content (AvgIpc) is 3.17. The Morgan fingerprint density at radius 1 is 0.762 bits per heavy atom. The minimum atomic E-state index is -0.541. The first kappa shape index (κ1) is 12.8. The summed E-state index contributed by atoms with van der Waals surface area (Å²) >= 11 is 0. The normalized spacial score (nSPS) is 26.5. The largest absolute Gasteiger partial charge is 0.335 e. The zero-order valence-corrected chi connectivity index (χ0v) is 11.8. The SMILES string of the molecule is C1=CC2(CC1)O[C@@H](c1ccccc1)[C@H](c1ccccc1)O2. The van der Waals surface area contributed by atoms with Gasteiger partial charge in [-0.3, -0.25) is 0 Å². The molecule has 1 spiro atoms. The van der Waals surface area contributed by atoms with Crippen molar-refractivity contribution < 1.29 is 9.47 Å². The molecule has 0 unspecified atom stereocenters. The molecule has 2 aromatic rings. The summed E-state index contributed by atoms with van der Waals surface area (Å²) in [4.78, 5) is 0. The third kappa shape index (κ3) is 2.31. The van der Waals surface area contributed by atoms with Crippen LogP contribution >= 0.6 is 0 Å². The lowest BCUT2D eigenvalue weighted by atomic mass is 9.99. The molecular formula is C19H18O2. The lowest BCUT2D eigenvalue weighted by molar-refractivity contribution is -0.136. The maximum absolute atomic E-state index is 6.35. The number of ether oxygens (including phenoxy) is 2. The predicted octanol–water partition coefficient (Wildman–Crippen LogP) is 4.56. The first-order chi connectivity index (χ1) is 10.4. The van der Waals surface area contributed by atoms with Crippen LogP contribution in [-0.4, -0.2) is 5.79 Å². The second kappa shape index (κ2) is 5.14. The van der Waals surface area contributed by atoms with E-state index in [9.17, 15) is 0 Å². The van der Waals surface area contributed by atoms with Crippen molar-refractivity contribution in [1.29, 1.82) is 0 Å². The summed E-state index contributed by atoms with van der Waals surface area (Å²) in [6.07, 6.45) is 6.02. The van der Waals surface area contributed by atoms with E-state index < -0.39 is 5.79 Å². The summed E-state index contributed by atoms with van der Waals surface area (Å²) < 4.78 is 12.7. The molecule has 0 bridgehead atoms. The maximum atomic E-state index is 6.35. The first-order valence-corrected chi connectivity index (χ1v) is 7.50. The van der Waals surface area contributed by atoms with Gasteiger partial charge < -0.3 is 9.47 Å². The Bertz CT molecular complexity index is 586. The van der Waals surface area contributed by atoms with Crippen molar-refractivity contribution in [2.75, 3.05) is 0 Å². The molecule has 2 heteroatoms. The molecule has 0 N–H and O–H groups in total. The van der Waals surface area contributed by atoms with Gasteiger partial charge in [0.2, 0.25) is 0 Å². The Labute approximate surface area is 125 Å². The molecule has 1 aliphatic carbocycles. The number of allylic oxidation sites excluding steroid dienone is 1. The van der Waals surface area contributed by atoms with E-state index in [4.69, 9.17) is 9.47 Å². The number of hydrogen-bond acceptors (Lipinski definition) is 2. The molecule has 2 nitrogen and oxygen atoms in total. The molecule has 0 aromatic heterocycles. The van der Waals surface area contributed by atoms with E-state index in [1.165, 1.54) is 11.1 Å². The van der Waals surface area contributed by atoms with E-state index in [-0.39, 0.29) is 12.2 Å². The summed E-state index contributed by atoms with van der Waals surface area (Å²) in [5.41, 5.74) is 2.34. The predicted molar refractivity (Wildman–Crippen MR) is 81.6 cm³/mol. The second-order valence-corrected chi connectivity index (χ2v) is 5.65. The molecular weight excluding hydrogens is 260 g/mol.